The Morgan fingerprint density at radius 1 is 1.14 bits per heavy atom. The number of piperidine rings is 1. The van der Waals surface area contributed by atoms with E-state index in [-0.39, 0.29) is 29.5 Å². The van der Waals surface area contributed by atoms with Gasteiger partial charge in [-0.15, -0.1) is 0 Å². The van der Waals surface area contributed by atoms with Crippen LogP contribution in [-0.4, -0.2) is 58.8 Å². The first-order valence-electron chi connectivity index (χ1n) is 11.7. The van der Waals surface area contributed by atoms with E-state index < -0.39 is 16.0 Å². The number of hydrogen-bond donors (Lipinski definition) is 1. The summed E-state index contributed by atoms with van der Waals surface area (Å²) in [6.45, 7) is 2.48. The molecule has 0 saturated carbocycles. The number of esters is 1. The highest BCUT2D eigenvalue weighted by atomic mass is 32.2. The highest BCUT2D eigenvalue weighted by molar-refractivity contribution is 7.89. The maximum Gasteiger partial charge on any atom is 0.339 e. The van der Waals surface area contributed by atoms with Crippen LogP contribution in [-0.2, 0) is 14.8 Å². The standard InChI is InChI=1S/C25H26N6O5S/c1-16-6-5-7-18(14-16)31-22(26)20(15-27-31)23-28-24(36-29-23)17-10-12-30(13-11-17)37(33,34)21-9-4-3-8-19(21)25(32)35-2/h3-9,14-15,17H,10-13,26H2,1-2H3. The molecule has 1 aliphatic rings. The molecule has 0 spiro atoms. The monoisotopic (exact) mass is 522 g/mol. The van der Waals surface area contributed by atoms with E-state index in [2.05, 4.69) is 15.2 Å². The Balaban J connectivity index is 1.31. The minimum absolute atomic E-state index is 0.0115. The van der Waals surface area contributed by atoms with Gasteiger partial charge in [-0.05, 0) is 49.6 Å². The molecule has 192 valence electrons. The predicted molar refractivity (Wildman–Crippen MR) is 135 cm³/mol. The number of rotatable bonds is 6. The van der Waals surface area contributed by atoms with Crippen molar-refractivity contribution in [2.75, 3.05) is 25.9 Å². The Morgan fingerprint density at radius 2 is 1.89 bits per heavy atom. The van der Waals surface area contributed by atoms with Gasteiger partial charge in [-0.25, -0.2) is 17.9 Å². The second kappa shape index (κ2) is 9.79. The van der Waals surface area contributed by atoms with Crippen LogP contribution in [0.25, 0.3) is 17.1 Å². The van der Waals surface area contributed by atoms with Gasteiger partial charge >= 0.3 is 5.97 Å². The number of nitrogens with two attached hydrogens (primary N) is 1. The van der Waals surface area contributed by atoms with Gasteiger partial charge < -0.3 is 15.0 Å². The normalized spacial score (nSPS) is 15.1. The third-order valence-corrected chi connectivity index (χ3v) is 8.41. The Labute approximate surface area is 213 Å². The number of hydrogen-bond acceptors (Lipinski definition) is 9. The molecule has 2 N–H and O–H groups in total. The van der Waals surface area contributed by atoms with E-state index in [1.807, 2.05) is 31.2 Å². The predicted octanol–water partition coefficient (Wildman–Crippen LogP) is 3.17. The van der Waals surface area contributed by atoms with Crippen LogP contribution < -0.4 is 5.73 Å². The van der Waals surface area contributed by atoms with Gasteiger partial charge in [-0.2, -0.15) is 14.4 Å². The molecule has 3 heterocycles. The first kappa shape index (κ1) is 24.7. The van der Waals surface area contributed by atoms with E-state index in [0.717, 1.165) is 11.3 Å². The third-order valence-electron chi connectivity index (χ3n) is 6.45. The van der Waals surface area contributed by atoms with Crippen LogP contribution in [0.3, 0.4) is 0 Å². The van der Waals surface area contributed by atoms with Gasteiger partial charge in [0.25, 0.3) is 0 Å². The van der Waals surface area contributed by atoms with Gasteiger partial charge in [0.15, 0.2) is 0 Å². The van der Waals surface area contributed by atoms with Crippen molar-refractivity contribution in [3.63, 3.8) is 0 Å². The molecule has 1 saturated heterocycles. The first-order chi connectivity index (χ1) is 17.8. The van der Waals surface area contributed by atoms with E-state index >= 15 is 0 Å². The first-order valence-corrected chi connectivity index (χ1v) is 13.2. The molecule has 0 aliphatic carbocycles. The van der Waals surface area contributed by atoms with Crippen LogP contribution in [0.15, 0.2) is 64.1 Å². The topological polar surface area (TPSA) is 146 Å². The number of nitrogens with zero attached hydrogens (tertiary/aromatic N) is 5. The fourth-order valence-electron chi connectivity index (χ4n) is 4.46. The molecule has 0 atom stereocenters. The van der Waals surface area contributed by atoms with Crippen molar-refractivity contribution in [3.05, 3.63) is 71.7 Å². The molecule has 0 unspecified atom stereocenters. The van der Waals surface area contributed by atoms with Crippen molar-refractivity contribution in [3.8, 4) is 17.1 Å². The highest BCUT2D eigenvalue weighted by Crippen LogP contribution is 2.33. The zero-order chi connectivity index (χ0) is 26.2. The zero-order valence-electron chi connectivity index (χ0n) is 20.4. The van der Waals surface area contributed by atoms with E-state index in [9.17, 15) is 13.2 Å². The van der Waals surface area contributed by atoms with Gasteiger partial charge in [0.1, 0.15) is 5.82 Å². The number of carbonyl (C=O) groups excluding carboxylic acids is 1. The summed E-state index contributed by atoms with van der Waals surface area (Å²) in [5, 5.41) is 8.48. The number of anilines is 1. The molecule has 11 nitrogen and oxygen atoms in total. The molecule has 5 rings (SSSR count). The summed E-state index contributed by atoms with van der Waals surface area (Å²) >= 11 is 0. The molecule has 1 aliphatic heterocycles. The van der Waals surface area contributed by atoms with E-state index in [0.29, 0.717) is 35.9 Å². The average Bonchev–Trinajstić information content (AvgIpc) is 3.55. The number of nitrogen functional groups attached to an aromatic ring is 1. The van der Waals surface area contributed by atoms with Crippen molar-refractivity contribution in [2.24, 2.45) is 0 Å². The molecular formula is C25H26N6O5S. The smallest absolute Gasteiger partial charge is 0.339 e. The van der Waals surface area contributed by atoms with Crippen LogP contribution in [0.5, 0.6) is 0 Å². The molecule has 12 heteroatoms. The summed E-state index contributed by atoms with van der Waals surface area (Å²) < 4.78 is 39.8. The summed E-state index contributed by atoms with van der Waals surface area (Å²) in [5.74, 6) is 0.329. The lowest BCUT2D eigenvalue weighted by Crippen LogP contribution is -2.38. The van der Waals surface area contributed by atoms with Crippen LogP contribution in [0, 0.1) is 6.92 Å². The number of aromatic nitrogens is 4. The Hall–Kier alpha value is -4.03. The molecule has 2 aromatic heterocycles. The summed E-state index contributed by atoms with van der Waals surface area (Å²) in [6.07, 6.45) is 2.57. The summed E-state index contributed by atoms with van der Waals surface area (Å²) in [4.78, 5) is 16.6. The molecule has 37 heavy (non-hydrogen) atoms. The zero-order valence-corrected chi connectivity index (χ0v) is 21.2. The Bertz CT molecular complexity index is 1550. The maximum absolute atomic E-state index is 13.3. The van der Waals surface area contributed by atoms with Crippen molar-refractivity contribution in [1.82, 2.24) is 24.2 Å². The van der Waals surface area contributed by atoms with Gasteiger partial charge in [0.2, 0.25) is 21.7 Å². The summed E-state index contributed by atoms with van der Waals surface area (Å²) in [7, 11) is -2.67. The number of aryl methyl sites for hydroxylation is 1. The van der Waals surface area contributed by atoms with Gasteiger partial charge in [-0.3, -0.25) is 0 Å². The Kier molecular flexibility index (Phi) is 6.52. The minimum Gasteiger partial charge on any atom is -0.465 e. The lowest BCUT2D eigenvalue weighted by molar-refractivity contribution is 0.0596. The molecule has 2 aromatic carbocycles. The van der Waals surface area contributed by atoms with Crippen LogP contribution in [0.4, 0.5) is 5.82 Å². The van der Waals surface area contributed by atoms with Crippen LogP contribution in [0.1, 0.15) is 40.6 Å². The van der Waals surface area contributed by atoms with Gasteiger partial charge in [0.05, 0.1) is 35.0 Å². The lowest BCUT2D eigenvalue weighted by atomic mass is 9.98. The number of benzene rings is 2. The van der Waals surface area contributed by atoms with Gasteiger partial charge in [-0.1, -0.05) is 29.4 Å². The number of methoxy groups -OCH3 is 1. The summed E-state index contributed by atoms with van der Waals surface area (Å²) in [6, 6.07) is 13.8. The van der Waals surface area contributed by atoms with Crippen LogP contribution in [0.2, 0.25) is 0 Å². The molecule has 1 fully saturated rings. The fourth-order valence-corrected chi connectivity index (χ4v) is 6.11. The Morgan fingerprint density at radius 3 is 2.62 bits per heavy atom. The van der Waals surface area contributed by atoms with Crippen molar-refractivity contribution >= 4 is 21.8 Å². The second-order valence-corrected chi connectivity index (χ2v) is 10.7. The SMILES string of the molecule is COC(=O)c1ccccc1S(=O)(=O)N1CCC(c2nc(-c3cnn(-c4cccc(C)c4)c3N)no2)CC1. The van der Waals surface area contributed by atoms with Crippen molar-refractivity contribution < 1.29 is 22.5 Å². The largest absolute Gasteiger partial charge is 0.465 e. The quantitative estimate of drug-likeness (QED) is 0.377. The molecule has 4 aromatic rings. The number of ether oxygens (including phenoxy) is 1. The molecule has 0 bridgehead atoms. The molecular weight excluding hydrogens is 496 g/mol. The van der Waals surface area contributed by atoms with E-state index in [1.54, 1.807) is 23.0 Å². The van der Waals surface area contributed by atoms with Crippen LogP contribution >= 0.6 is 0 Å². The lowest BCUT2D eigenvalue weighted by Gasteiger charge is -2.30. The third kappa shape index (κ3) is 4.60. The van der Waals surface area contributed by atoms with Crippen molar-refractivity contribution in [2.45, 2.75) is 30.6 Å². The number of sulfonamides is 1. The molecule has 0 radical (unpaired) electrons. The van der Waals surface area contributed by atoms with E-state index in [4.69, 9.17) is 15.0 Å². The van der Waals surface area contributed by atoms with E-state index in [1.165, 1.54) is 23.5 Å². The fraction of sp³-hybridized carbons (Fsp3) is 0.280. The highest BCUT2D eigenvalue weighted by Gasteiger charge is 2.34. The summed E-state index contributed by atoms with van der Waals surface area (Å²) in [5.41, 5.74) is 8.82. The maximum atomic E-state index is 13.3. The van der Waals surface area contributed by atoms with Gasteiger partial charge in [0, 0.05) is 19.0 Å². The average molecular weight is 523 g/mol. The second-order valence-electron chi connectivity index (χ2n) is 8.82. The minimum atomic E-state index is -3.89. The van der Waals surface area contributed by atoms with Crippen molar-refractivity contribution in [1.29, 1.82) is 0 Å². The number of carbonyl (C=O) groups is 1. The molecule has 0 amide bonds.